The molecule has 3 rings (SSSR count). The van der Waals surface area contributed by atoms with E-state index in [2.05, 4.69) is 5.32 Å². The first-order valence-electron chi connectivity index (χ1n) is 8.78. The Kier molecular flexibility index (Phi) is 6.21. The molecule has 6 nitrogen and oxygen atoms in total. The van der Waals surface area contributed by atoms with E-state index in [1.807, 2.05) is 0 Å². The Balaban J connectivity index is 1.57. The summed E-state index contributed by atoms with van der Waals surface area (Å²) in [7, 11) is 0. The van der Waals surface area contributed by atoms with Crippen LogP contribution in [0.5, 0.6) is 11.5 Å². The first-order valence-corrected chi connectivity index (χ1v) is 9.16. The van der Waals surface area contributed by atoms with Gasteiger partial charge in [-0.1, -0.05) is 23.7 Å². The second-order valence-corrected chi connectivity index (χ2v) is 6.62. The highest BCUT2D eigenvalue weighted by Gasteiger charge is 2.18. The van der Waals surface area contributed by atoms with Gasteiger partial charge in [0.2, 0.25) is 0 Å². The van der Waals surface area contributed by atoms with Crippen LogP contribution in [0.4, 0.5) is 5.69 Å². The van der Waals surface area contributed by atoms with Gasteiger partial charge in [-0.2, -0.15) is 0 Å². The molecule has 2 aromatic rings. The molecule has 0 spiro atoms. The van der Waals surface area contributed by atoms with Gasteiger partial charge in [-0.3, -0.25) is 4.79 Å². The number of benzene rings is 2. The Morgan fingerprint density at radius 3 is 2.71 bits per heavy atom. The summed E-state index contributed by atoms with van der Waals surface area (Å²) >= 11 is 6.04. The van der Waals surface area contributed by atoms with E-state index in [0.29, 0.717) is 35.4 Å². The van der Waals surface area contributed by atoms with Gasteiger partial charge in [-0.25, -0.2) is 4.79 Å². The van der Waals surface area contributed by atoms with Crippen LogP contribution in [0.2, 0.25) is 5.02 Å². The minimum absolute atomic E-state index is 0.438. The number of esters is 1. The Hall–Kier alpha value is -2.99. The highest BCUT2D eigenvalue weighted by molar-refractivity contribution is 6.31. The van der Waals surface area contributed by atoms with Crippen LogP contribution < -0.4 is 14.8 Å². The molecule has 0 saturated carbocycles. The van der Waals surface area contributed by atoms with E-state index < -0.39 is 18.0 Å². The van der Waals surface area contributed by atoms with E-state index in [1.165, 1.54) is 13.0 Å². The van der Waals surface area contributed by atoms with Crippen LogP contribution >= 0.6 is 11.6 Å². The fraction of sp³-hybridized carbons (Fsp3) is 0.238. The van der Waals surface area contributed by atoms with Gasteiger partial charge in [0.1, 0.15) is 13.2 Å². The maximum Gasteiger partial charge on any atom is 0.331 e. The van der Waals surface area contributed by atoms with Crippen molar-refractivity contribution in [2.45, 2.75) is 20.0 Å². The summed E-state index contributed by atoms with van der Waals surface area (Å²) in [5, 5.41) is 3.26. The lowest BCUT2D eigenvalue weighted by Gasteiger charge is -2.18. The van der Waals surface area contributed by atoms with Gasteiger partial charge in [0.05, 0.1) is 0 Å². The second-order valence-electron chi connectivity index (χ2n) is 6.22. The number of carbonyl (C=O) groups excluding carboxylic acids is 2. The molecular formula is C21H20ClNO5. The smallest absolute Gasteiger partial charge is 0.331 e. The molecule has 1 atom stereocenters. The summed E-state index contributed by atoms with van der Waals surface area (Å²) in [4.78, 5) is 24.3. The Morgan fingerprint density at radius 2 is 1.93 bits per heavy atom. The molecule has 28 heavy (non-hydrogen) atoms. The zero-order chi connectivity index (χ0) is 20.1. The molecule has 0 aromatic heterocycles. The minimum Gasteiger partial charge on any atom is -0.486 e. The first-order chi connectivity index (χ1) is 13.4. The number of ether oxygens (including phenoxy) is 3. The van der Waals surface area contributed by atoms with Crippen molar-refractivity contribution in [2.75, 3.05) is 18.5 Å². The van der Waals surface area contributed by atoms with Gasteiger partial charge in [0.25, 0.3) is 5.91 Å². The largest absolute Gasteiger partial charge is 0.486 e. The standard InChI is InChI=1S/C21H20ClNO5/c1-13-16(22)4-3-5-17(13)23-21(25)14(2)28-20(24)9-7-15-6-8-18-19(12-15)27-11-10-26-18/h3-9,12,14H,10-11H2,1-2H3,(H,23,25)/b9-7+/t14-/m1/s1. The quantitative estimate of drug-likeness (QED) is 0.605. The Bertz CT molecular complexity index is 925. The summed E-state index contributed by atoms with van der Waals surface area (Å²) in [5.41, 5.74) is 2.08. The Morgan fingerprint density at radius 1 is 1.18 bits per heavy atom. The summed E-state index contributed by atoms with van der Waals surface area (Å²) in [5.74, 6) is 0.241. The molecule has 2 aromatic carbocycles. The van der Waals surface area contributed by atoms with Gasteiger partial charge < -0.3 is 19.5 Å². The molecule has 1 amide bonds. The topological polar surface area (TPSA) is 73.9 Å². The van der Waals surface area contributed by atoms with Gasteiger partial charge in [-0.15, -0.1) is 0 Å². The van der Waals surface area contributed by atoms with Crippen molar-refractivity contribution < 1.29 is 23.8 Å². The molecule has 0 radical (unpaired) electrons. The zero-order valence-corrected chi connectivity index (χ0v) is 16.3. The summed E-state index contributed by atoms with van der Waals surface area (Å²) in [6, 6.07) is 10.6. The van der Waals surface area contributed by atoms with Crippen molar-refractivity contribution in [3.05, 3.63) is 58.6 Å². The van der Waals surface area contributed by atoms with Crippen LogP contribution in [0.15, 0.2) is 42.5 Å². The van der Waals surface area contributed by atoms with Crippen LogP contribution in [0.25, 0.3) is 6.08 Å². The normalized spacial score (nSPS) is 13.8. The fourth-order valence-electron chi connectivity index (χ4n) is 2.57. The average molecular weight is 402 g/mol. The molecule has 1 aliphatic rings. The average Bonchev–Trinajstić information content (AvgIpc) is 2.69. The lowest BCUT2D eigenvalue weighted by atomic mass is 10.2. The molecule has 0 saturated heterocycles. The van der Waals surface area contributed by atoms with E-state index >= 15 is 0 Å². The zero-order valence-electron chi connectivity index (χ0n) is 15.5. The number of hydrogen-bond donors (Lipinski definition) is 1. The van der Waals surface area contributed by atoms with Gasteiger partial charge in [0, 0.05) is 16.8 Å². The molecule has 0 unspecified atom stereocenters. The lowest BCUT2D eigenvalue weighted by Crippen LogP contribution is -2.29. The highest BCUT2D eigenvalue weighted by atomic mass is 35.5. The first kappa shape index (κ1) is 19.8. The number of anilines is 1. The van der Waals surface area contributed by atoms with E-state index in [0.717, 1.165) is 11.1 Å². The molecular weight excluding hydrogens is 382 g/mol. The minimum atomic E-state index is -0.962. The number of halogens is 1. The van der Waals surface area contributed by atoms with E-state index in [-0.39, 0.29) is 0 Å². The van der Waals surface area contributed by atoms with Crippen LogP contribution in [0, 0.1) is 6.92 Å². The maximum atomic E-state index is 12.3. The number of nitrogens with one attached hydrogen (secondary N) is 1. The third-order valence-electron chi connectivity index (χ3n) is 4.17. The predicted molar refractivity (Wildman–Crippen MR) is 107 cm³/mol. The molecule has 0 fully saturated rings. The molecule has 0 aliphatic carbocycles. The Labute approximate surface area is 168 Å². The van der Waals surface area contributed by atoms with Crippen molar-refractivity contribution in [1.29, 1.82) is 0 Å². The van der Waals surface area contributed by atoms with Crippen molar-refractivity contribution in [2.24, 2.45) is 0 Å². The van der Waals surface area contributed by atoms with E-state index in [9.17, 15) is 9.59 Å². The highest BCUT2D eigenvalue weighted by Crippen LogP contribution is 2.31. The number of fused-ring (bicyclic) bond motifs is 1. The third-order valence-corrected chi connectivity index (χ3v) is 4.58. The van der Waals surface area contributed by atoms with Gasteiger partial charge >= 0.3 is 5.97 Å². The number of hydrogen-bond acceptors (Lipinski definition) is 5. The molecule has 0 bridgehead atoms. The van der Waals surface area contributed by atoms with Crippen LogP contribution in [-0.4, -0.2) is 31.2 Å². The SMILES string of the molecule is Cc1c(Cl)cccc1NC(=O)[C@@H](C)OC(=O)/C=C/c1ccc2c(c1)OCCO2. The number of rotatable bonds is 5. The van der Waals surface area contributed by atoms with Gasteiger partial charge in [-0.05, 0) is 55.3 Å². The number of amides is 1. The van der Waals surface area contributed by atoms with Crippen LogP contribution in [-0.2, 0) is 14.3 Å². The second kappa shape index (κ2) is 8.80. The van der Waals surface area contributed by atoms with Crippen LogP contribution in [0.3, 0.4) is 0 Å². The summed E-state index contributed by atoms with van der Waals surface area (Å²) < 4.78 is 16.1. The maximum absolute atomic E-state index is 12.3. The third kappa shape index (κ3) is 4.84. The summed E-state index contributed by atoms with van der Waals surface area (Å²) in [6.07, 6.45) is 1.89. The van der Waals surface area contributed by atoms with Gasteiger partial charge in [0.15, 0.2) is 17.6 Å². The van der Waals surface area contributed by atoms with Crippen molar-refractivity contribution in [3.63, 3.8) is 0 Å². The monoisotopic (exact) mass is 401 g/mol. The van der Waals surface area contributed by atoms with E-state index in [4.69, 9.17) is 25.8 Å². The van der Waals surface area contributed by atoms with Crippen molar-refractivity contribution in [3.8, 4) is 11.5 Å². The number of carbonyl (C=O) groups is 2. The van der Waals surface area contributed by atoms with Crippen LogP contribution in [0.1, 0.15) is 18.1 Å². The molecule has 1 heterocycles. The lowest BCUT2D eigenvalue weighted by molar-refractivity contribution is -0.148. The molecule has 1 aliphatic heterocycles. The molecule has 146 valence electrons. The van der Waals surface area contributed by atoms with E-state index in [1.54, 1.807) is 49.4 Å². The van der Waals surface area contributed by atoms with Crippen molar-refractivity contribution in [1.82, 2.24) is 0 Å². The van der Waals surface area contributed by atoms with Crippen molar-refractivity contribution >= 4 is 35.2 Å². The fourth-order valence-corrected chi connectivity index (χ4v) is 2.75. The predicted octanol–water partition coefficient (Wildman–Crippen LogP) is 4.00. The molecule has 1 N–H and O–H groups in total. The molecule has 7 heteroatoms. The summed E-state index contributed by atoms with van der Waals surface area (Å²) in [6.45, 7) is 4.31.